The topological polar surface area (TPSA) is 35.5 Å². The van der Waals surface area contributed by atoms with Gasteiger partial charge in [-0.15, -0.1) is 0 Å². The van der Waals surface area contributed by atoms with Crippen LogP contribution in [0.3, 0.4) is 0 Å². The molecule has 0 saturated heterocycles. The van der Waals surface area contributed by atoms with Gasteiger partial charge in [0.1, 0.15) is 5.75 Å². The number of hydrogen-bond donors (Lipinski definition) is 0. The molecular weight excluding hydrogens is 441 g/mol. The molecule has 0 unspecified atom stereocenters. The second kappa shape index (κ2) is 10.3. The maximum atomic E-state index is 15.0. The SMILES string of the molecule is CCc1ccc(-c2ccc(C3CCC(C(=O)Oc4ccc(OC)cc4F)CC3)c(F)c2F)cc1. The fraction of sp³-hybridized carbons (Fsp3) is 0.321. The van der Waals surface area contributed by atoms with Gasteiger partial charge in [-0.3, -0.25) is 4.79 Å². The van der Waals surface area contributed by atoms with E-state index in [2.05, 4.69) is 0 Å². The Morgan fingerprint density at radius 2 is 1.62 bits per heavy atom. The third kappa shape index (κ3) is 4.96. The van der Waals surface area contributed by atoms with Crippen LogP contribution in [0.1, 0.15) is 49.7 Å². The van der Waals surface area contributed by atoms with Gasteiger partial charge < -0.3 is 9.47 Å². The van der Waals surface area contributed by atoms with Gasteiger partial charge in [-0.25, -0.2) is 13.2 Å². The average molecular weight is 469 g/mol. The highest BCUT2D eigenvalue weighted by atomic mass is 19.2. The van der Waals surface area contributed by atoms with E-state index in [0.29, 0.717) is 42.6 Å². The van der Waals surface area contributed by atoms with Gasteiger partial charge in [-0.1, -0.05) is 43.3 Å². The van der Waals surface area contributed by atoms with Crippen molar-refractivity contribution in [2.24, 2.45) is 5.92 Å². The molecular formula is C28H27F3O3. The van der Waals surface area contributed by atoms with E-state index in [1.165, 1.54) is 19.2 Å². The zero-order valence-corrected chi connectivity index (χ0v) is 19.2. The number of hydrogen-bond acceptors (Lipinski definition) is 3. The molecule has 178 valence electrons. The van der Waals surface area contributed by atoms with E-state index in [4.69, 9.17) is 9.47 Å². The zero-order chi connectivity index (χ0) is 24.2. The number of methoxy groups -OCH3 is 1. The molecule has 0 amide bonds. The van der Waals surface area contributed by atoms with E-state index in [1.807, 2.05) is 19.1 Å². The monoisotopic (exact) mass is 468 g/mol. The first-order valence-electron chi connectivity index (χ1n) is 11.5. The number of benzene rings is 3. The Morgan fingerprint density at radius 3 is 2.24 bits per heavy atom. The summed E-state index contributed by atoms with van der Waals surface area (Å²) in [5.74, 6) is -3.29. The van der Waals surface area contributed by atoms with Crippen LogP contribution in [0.5, 0.6) is 11.5 Å². The lowest BCUT2D eigenvalue weighted by Gasteiger charge is -2.28. The summed E-state index contributed by atoms with van der Waals surface area (Å²) >= 11 is 0. The number of rotatable bonds is 6. The van der Waals surface area contributed by atoms with Gasteiger partial charge in [-0.2, -0.15) is 0 Å². The van der Waals surface area contributed by atoms with E-state index in [9.17, 15) is 13.6 Å². The van der Waals surface area contributed by atoms with Crippen LogP contribution in [0.15, 0.2) is 54.6 Å². The fourth-order valence-electron chi connectivity index (χ4n) is 4.55. The van der Waals surface area contributed by atoms with Crippen LogP contribution in [0.25, 0.3) is 11.1 Å². The van der Waals surface area contributed by atoms with Crippen molar-refractivity contribution in [1.82, 2.24) is 0 Å². The van der Waals surface area contributed by atoms with Crippen molar-refractivity contribution in [3.8, 4) is 22.6 Å². The minimum atomic E-state index is -0.849. The lowest BCUT2D eigenvalue weighted by atomic mass is 9.78. The molecule has 1 fully saturated rings. The molecule has 0 spiro atoms. The first-order valence-corrected chi connectivity index (χ1v) is 11.5. The Morgan fingerprint density at radius 1 is 0.912 bits per heavy atom. The predicted octanol–water partition coefficient (Wildman–Crippen LogP) is 7.22. The molecule has 0 aliphatic heterocycles. The number of carbonyl (C=O) groups is 1. The summed E-state index contributed by atoms with van der Waals surface area (Å²) in [5, 5.41) is 0. The highest BCUT2D eigenvalue weighted by Crippen LogP contribution is 2.39. The molecule has 0 heterocycles. The molecule has 3 nitrogen and oxygen atoms in total. The van der Waals surface area contributed by atoms with Crippen LogP contribution in [-0.2, 0) is 11.2 Å². The molecule has 1 aliphatic rings. The number of esters is 1. The summed E-state index contributed by atoms with van der Waals surface area (Å²) in [6.45, 7) is 2.04. The highest BCUT2D eigenvalue weighted by molar-refractivity contribution is 5.75. The third-order valence-electron chi connectivity index (χ3n) is 6.64. The zero-order valence-electron chi connectivity index (χ0n) is 19.2. The van der Waals surface area contributed by atoms with Gasteiger partial charge in [0.15, 0.2) is 23.2 Å². The summed E-state index contributed by atoms with van der Waals surface area (Å²) in [7, 11) is 1.42. The first kappa shape index (κ1) is 23.9. The first-order chi connectivity index (χ1) is 16.4. The van der Waals surface area contributed by atoms with Gasteiger partial charge in [0.2, 0.25) is 0 Å². The quantitative estimate of drug-likeness (QED) is 0.283. The Hall–Kier alpha value is -3.28. The van der Waals surface area contributed by atoms with E-state index >= 15 is 4.39 Å². The lowest BCUT2D eigenvalue weighted by molar-refractivity contribution is -0.140. The van der Waals surface area contributed by atoms with Crippen molar-refractivity contribution >= 4 is 5.97 Å². The van der Waals surface area contributed by atoms with Crippen LogP contribution >= 0.6 is 0 Å². The van der Waals surface area contributed by atoms with E-state index < -0.39 is 29.3 Å². The molecule has 4 rings (SSSR count). The fourth-order valence-corrected chi connectivity index (χ4v) is 4.55. The van der Waals surface area contributed by atoms with Crippen LogP contribution < -0.4 is 9.47 Å². The summed E-state index contributed by atoms with van der Waals surface area (Å²) in [4.78, 5) is 12.5. The van der Waals surface area contributed by atoms with Gasteiger partial charge in [0.25, 0.3) is 0 Å². The smallest absolute Gasteiger partial charge is 0.314 e. The number of aryl methyl sites for hydroxylation is 1. The standard InChI is InChI=1S/C28H27F3O3/c1-3-17-4-6-18(7-5-17)22-13-14-23(27(31)26(22)30)19-8-10-20(11-9-19)28(32)34-25-15-12-21(33-2)16-24(25)29/h4-7,12-16,19-20H,3,8-11H2,1-2H3. The number of halogens is 3. The second-order valence-electron chi connectivity index (χ2n) is 8.65. The minimum Gasteiger partial charge on any atom is -0.497 e. The minimum absolute atomic E-state index is 0.149. The highest BCUT2D eigenvalue weighted by Gasteiger charge is 2.31. The van der Waals surface area contributed by atoms with Gasteiger partial charge in [-0.05, 0) is 66.8 Å². The van der Waals surface area contributed by atoms with E-state index in [1.54, 1.807) is 24.3 Å². The van der Waals surface area contributed by atoms with Gasteiger partial charge in [0, 0.05) is 11.6 Å². The Kier molecular flexibility index (Phi) is 7.25. The van der Waals surface area contributed by atoms with Crippen molar-refractivity contribution in [3.63, 3.8) is 0 Å². The molecule has 1 saturated carbocycles. The molecule has 0 bridgehead atoms. The summed E-state index contributed by atoms with van der Waals surface area (Å²) in [6, 6.07) is 14.7. The largest absolute Gasteiger partial charge is 0.497 e. The normalized spacial score (nSPS) is 17.9. The molecule has 0 radical (unpaired) electrons. The summed E-state index contributed by atoms with van der Waals surface area (Å²) < 4.78 is 54.2. The number of carbonyl (C=O) groups excluding carboxylic acids is 1. The molecule has 3 aromatic carbocycles. The maximum Gasteiger partial charge on any atom is 0.314 e. The summed E-state index contributed by atoms with van der Waals surface area (Å²) in [5.41, 5.74) is 2.34. The molecule has 6 heteroatoms. The summed E-state index contributed by atoms with van der Waals surface area (Å²) in [6.07, 6.45) is 2.84. The van der Waals surface area contributed by atoms with Crippen molar-refractivity contribution < 1.29 is 27.4 Å². The molecule has 0 atom stereocenters. The predicted molar refractivity (Wildman–Crippen MR) is 124 cm³/mol. The Labute approximate surface area is 197 Å². The average Bonchev–Trinajstić information content (AvgIpc) is 2.87. The van der Waals surface area contributed by atoms with Crippen LogP contribution in [-0.4, -0.2) is 13.1 Å². The van der Waals surface area contributed by atoms with Gasteiger partial charge >= 0.3 is 5.97 Å². The van der Waals surface area contributed by atoms with E-state index in [0.717, 1.165) is 18.1 Å². The molecule has 0 N–H and O–H groups in total. The third-order valence-corrected chi connectivity index (χ3v) is 6.64. The van der Waals surface area contributed by atoms with Crippen LogP contribution in [0.2, 0.25) is 0 Å². The van der Waals surface area contributed by atoms with Crippen molar-refractivity contribution in [1.29, 1.82) is 0 Å². The van der Waals surface area contributed by atoms with Crippen LogP contribution in [0.4, 0.5) is 13.2 Å². The lowest BCUT2D eigenvalue weighted by Crippen LogP contribution is -2.25. The molecule has 0 aromatic heterocycles. The molecule has 34 heavy (non-hydrogen) atoms. The van der Waals surface area contributed by atoms with Crippen molar-refractivity contribution in [3.05, 3.63) is 83.2 Å². The van der Waals surface area contributed by atoms with Crippen molar-refractivity contribution in [2.75, 3.05) is 7.11 Å². The second-order valence-corrected chi connectivity index (χ2v) is 8.65. The Balaban J connectivity index is 1.41. The molecule has 1 aliphatic carbocycles. The van der Waals surface area contributed by atoms with Crippen molar-refractivity contribution in [2.45, 2.75) is 44.9 Å². The maximum absolute atomic E-state index is 15.0. The van der Waals surface area contributed by atoms with E-state index in [-0.39, 0.29) is 17.2 Å². The van der Waals surface area contributed by atoms with Gasteiger partial charge in [0.05, 0.1) is 13.0 Å². The number of ether oxygens (including phenoxy) is 2. The molecule has 3 aromatic rings. The van der Waals surface area contributed by atoms with Crippen LogP contribution in [0, 0.1) is 23.4 Å². The Bertz CT molecular complexity index is 1170.